The Kier molecular flexibility index (Phi) is 10.1. The number of H-pyrrole nitrogens is 3. The minimum Gasteiger partial charge on any atom is -0.354 e. The summed E-state index contributed by atoms with van der Waals surface area (Å²) in [6.07, 6.45) is 4.14. The molecule has 0 unspecified atom stereocenters. The smallest absolute Gasteiger partial charge is 0.302 e. The molecule has 9 heterocycles. The number of likely N-dealkylation sites (tertiary alicyclic amines) is 3. The fourth-order valence-electron chi connectivity index (χ4n) is 7.85. The summed E-state index contributed by atoms with van der Waals surface area (Å²) in [6.45, 7) is 9.61. The van der Waals surface area contributed by atoms with Crippen LogP contribution in [0.1, 0.15) is 63.3 Å². The number of carbonyl (C=O) groups excluding carboxylic acids is 3. The summed E-state index contributed by atoms with van der Waals surface area (Å²) in [5, 5.41) is 1.32. The van der Waals surface area contributed by atoms with Gasteiger partial charge in [-0.25, -0.2) is 49.6 Å². The highest BCUT2D eigenvalue weighted by atomic mass is 16.2. The largest absolute Gasteiger partial charge is 0.354 e. The van der Waals surface area contributed by atoms with E-state index < -0.39 is 113 Å². The maximum atomic E-state index is 12.4. The van der Waals surface area contributed by atoms with Gasteiger partial charge in [0.05, 0.1) is 43.9 Å². The van der Waals surface area contributed by atoms with E-state index in [1.807, 2.05) is 0 Å². The summed E-state index contributed by atoms with van der Waals surface area (Å²) < 4.78 is 141. The molecule has 0 aliphatic carbocycles. The van der Waals surface area contributed by atoms with Gasteiger partial charge in [0.25, 0.3) is 19.6 Å². The van der Waals surface area contributed by atoms with E-state index in [1.165, 1.54) is 37.0 Å². The van der Waals surface area contributed by atoms with Crippen molar-refractivity contribution in [2.45, 2.75) is 58.1 Å². The fourth-order valence-corrected chi connectivity index (χ4v) is 7.85. The van der Waals surface area contributed by atoms with Gasteiger partial charge in [-0.1, -0.05) is 20.7 Å². The molecule has 3 amide bonds. The van der Waals surface area contributed by atoms with Gasteiger partial charge in [-0.3, -0.25) is 14.4 Å². The molecular formula is C48H60N18O3. The number of fused-ring (bicyclic) bond motifs is 3. The molecule has 6 atom stereocenters. The van der Waals surface area contributed by atoms with Crippen LogP contribution in [0.15, 0.2) is 55.7 Å². The van der Waals surface area contributed by atoms with Gasteiger partial charge in [-0.05, 0) is 55.2 Å². The van der Waals surface area contributed by atoms with Crippen molar-refractivity contribution in [1.82, 2.24) is 59.6 Å². The Bertz CT molecular complexity index is 3610. The van der Waals surface area contributed by atoms with Crippen molar-refractivity contribution in [1.29, 1.82) is 0 Å². The number of aromatic nitrogens is 9. The highest BCUT2D eigenvalue weighted by molar-refractivity contribution is 5.89. The van der Waals surface area contributed by atoms with Gasteiger partial charge < -0.3 is 58.9 Å². The summed E-state index contributed by atoms with van der Waals surface area (Å²) in [5.41, 5.74) is 0.989. The number of likely N-dealkylation sites (N-methyl/N-ethyl adjacent to an activating group) is 3. The molecule has 3 N–H and O–H groups in total. The molecule has 0 radical (unpaired) electrons. The molecule has 3 fully saturated rings. The lowest BCUT2D eigenvalue weighted by molar-refractivity contribution is -0.131. The summed E-state index contributed by atoms with van der Waals surface area (Å²) in [4.78, 5) is 84.9. The molecule has 21 heteroatoms. The molecule has 69 heavy (non-hydrogen) atoms. The van der Waals surface area contributed by atoms with Gasteiger partial charge in [-0.2, -0.15) is 0 Å². The van der Waals surface area contributed by atoms with Crippen LogP contribution in [0.2, 0.25) is 0 Å². The molecular weight excluding hydrogens is 877 g/mol. The summed E-state index contributed by atoms with van der Waals surface area (Å²) in [5.74, 6) is -5.03. The van der Waals surface area contributed by atoms with Crippen LogP contribution < -0.4 is 14.7 Å². The highest BCUT2D eigenvalue weighted by Gasteiger charge is 2.36. The number of rotatable bonds is 9. The highest BCUT2D eigenvalue weighted by Crippen LogP contribution is 2.31. The van der Waals surface area contributed by atoms with E-state index in [1.54, 1.807) is 37.5 Å². The van der Waals surface area contributed by atoms with Crippen molar-refractivity contribution >= 4 is 68.3 Å². The van der Waals surface area contributed by atoms with Gasteiger partial charge in [0, 0.05) is 88.4 Å². The number of amides is 3. The van der Waals surface area contributed by atoms with Crippen LogP contribution in [-0.2, 0) is 14.4 Å². The van der Waals surface area contributed by atoms with Crippen LogP contribution in [0.3, 0.4) is 0 Å². The lowest BCUT2D eigenvalue weighted by Gasteiger charge is -2.41. The average Bonchev–Trinajstić information content (AvgIpc) is 1.03. The molecule has 3 aliphatic rings. The Labute approximate surface area is 425 Å². The molecule has 0 aromatic carbocycles. The predicted octanol–water partition coefficient (Wildman–Crippen LogP) is 4.65. The van der Waals surface area contributed by atoms with Crippen LogP contribution in [0.25, 0.3) is 47.6 Å². The third-order valence-corrected chi connectivity index (χ3v) is 11.6. The number of anilines is 3. The van der Waals surface area contributed by atoms with Crippen molar-refractivity contribution in [3.8, 4) is 0 Å². The van der Waals surface area contributed by atoms with Crippen molar-refractivity contribution in [3.05, 3.63) is 90.0 Å². The van der Waals surface area contributed by atoms with Crippen LogP contribution in [0.5, 0.6) is 0 Å². The summed E-state index contributed by atoms with van der Waals surface area (Å²) in [6, 6.07) is 0.0579. The van der Waals surface area contributed by atoms with Gasteiger partial charge in [0.15, 0.2) is 0 Å². The van der Waals surface area contributed by atoms with Crippen molar-refractivity contribution < 1.29 is 37.7 Å². The number of carbonyl (C=O) groups is 3. The quantitative estimate of drug-likeness (QED) is 0.169. The van der Waals surface area contributed by atoms with E-state index in [9.17, 15) is 14.4 Å². The Morgan fingerprint density at radius 2 is 1.06 bits per heavy atom. The van der Waals surface area contributed by atoms with Crippen molar-refractivity contribution in [2.75, 3.05) is 94.5 Å². The third-order valence-electron chi connectivity index (χ3n) is 11.6. The molecule has 6 aromatic heterocycles. The Morgan fingerprint density at radius 3 is 1.51 bits per heavy atom. The van der Waals surface area contributed by atoms with Gasteiger partial charge in [0.2, 0.25) is 0 Å². The fraction of sp³-hybridized carbons (Fsp3) is 0.500. The van der Waals surface area contributed by atoms with E-state index >= 15 is 0 Å². The minimum absolute atomic E-state index is 0.0409. The Hall–Kier alpha value is -7.86. The van der Waals surface area contributed by atoms with E-state index in [2.05, 4.69) is 59.4 Å². The standard InChI is InChI=1S/3C16H20N6O/c3*1-11-5-7-22(14(23)8-17-2)9-13(11)21(3)16-12-4-6-18-15(12)19-10-20-16/h3*4,6,10-11,13H,5,7-9H2,1,3H3,(H,18,19,20)/t3*11-,13+/m111/s1/i9D2,10D,11D,13D;3D3,9D2,10D;1D3,9D2,10D. The van der Waals surface area contributed by atoms with Crippen LogP contribution in [0.4, 0.5) is 17.5 Å². The topological polar surface area (TPSA) is 208 Å². The zero-order chi connectivity index (χ0) is 64.0. The predicted molar refractivity (Wildman–Crippen MR) is 264 cm³/mol. The first-order valence-corrected chi connectivity index (χ1v) is 21.6. The zero-order valence-corrected chi connectivity index (χ0v) is 38.1. The Balaban J connectivity index is 0.000000185. The molecule has 6 aromatic rings. The SMILES string of the molecule is [2H]c1nc(N(C)[C@@H]2[C@H](C([2H])([2H])[2H])CCN(C(=O)C[N+]#[C-])C2([2H])[2H])c2cc[nH]c2n1.[2H]c1nc(N(C)[C@@]2([2H])C([2H])([2H])N(C(=O)C[N+]#[C-])CC[C@@]2([2H])C)c2cc[nH]c2n1.[2H]c1nc(N([C@@H]2[C@H](C)CCN(C(=O)C[N+]#[C-])C2([2H])[2H])C([2H])([2H])[2H])c2cc[nH]c2n1. The van der Waals surface area contributed by atoms with E-state index in [0.29, 0.717) is 33.9 Å². The lowest BCUT2D eigenvalue weighted by atomic mass is 9.92. The zero-order valence-electron chi connectivity index (χ0n) is 55.1. The first-order chi connectivity index (χ1) is 39.9. The molecule has 360 valence electrons. The number of hydrogen-bond donors (Lipinski definition) is 3. The second kappa shape index (κ2) is 22.3. The van der Waals surface area contributed by atoms with Crippen LogP contribution in [-0.4, -0.2) is 175 Å². The molecule has 0 spiro atoms. The molecule has 0 bridgehead atoms. The lowest BCUT2D eigenvalue weighted by Crippen LogP contribution is -2.53. The normalized spacial score (nSPS) is 29.5. The number of nitrogens with one attached hydrogen (secondary N) is 3. The van der Waals surface area contributed by atoms with Crippen LogP contribution >= 0.6 is 0 Å². The monoisotopic (exact) mass is 954 g/mol. The Morgan fingerprint density at radius 1 is 0.652 bits per heavy atom. The summed E-state index contributed by atoms with van der Waals surface area (Å²) >= 11 is 0. The number of nitrogens with zero attached hydrogens (tertiary/aromatic N) is 15. The van der Waals surface area contributed by atoms with Crippen molar-refractivity contribution in [3.63, 3.8) is 0 Å². The molecule has 9 rings (SSSR count). The molecule has 21 nitrogen and oxygen atoms in total. The van der Waals surface area contributed by atoms with Gasteiger partial charge in [0.1, 0.15) is 57.4 Å². The molecule has 3 saturated heterocycles. The van der Waals surface area contributed by atoms with E-state index in [0.717, 1.165) is 19.6 Å². The number of piperidine rings is 3. The second-order valence-electron chi connectivity index (χ2n) is 16.1. The second-order valence-corrected chi connectivity index (χ2v) is 16.1. The van der Waals surface area contributed by atoms with Crippen molar-refractivity contribution in [2.24, 2.45) is 17.7 Å². The maximum absolute atomic E-state index is 12.4. The molecule has 3 aliphatic heterocycles. The average molecular weight is 954 g/mol. The first kappa shape index (κ1) is 31.2. The third kappa shape index (κ3) is 11.0. The number of aromatic amines is 3. The maximum Gasteiger partial charge on any atom is 0.302 e. The van der Waals surface area contributed by atoms with E-state index in [-0.39, 0.29) is 68.2 Å². The van der Waals surface area contributed by atoms with Crippen LogP contribution in [0, 0.1) is 37.4 Å². The molecule has 0 saturated carbocycles. The van der Waals surface area contributed by atoms with Gasteiger partial charge in [-0.15, -0.1) is 0 Å². The number of hydrogen-bond acceptors (Lipinski definition) is 12. The van der Waals surface area contributed by atoms with Gasteiger partial charge >= 0.3 is 17.7 Å². The summed E-state index contributed by atoms with van der Waals surface area (Å²) in [7, 11) is 2.92. The minimum atomic E-state index is -2.80. The van der Waals surface area contributed by atoms with E-state index in [4.69, 9.17) is 43.0 Å². The first-order valence-electron chi connectivity index (χ1n) is 30.1.